The van der Waals surface area contributed by atoms with Crippen LogP contribution in [0.15, 0.2) is 55.1 Å². The number of hydrogen-bond acceptors (Lipinski definition) is 5. The van der Waals surface area contributed by atoms with Crippen LogP contribution in [0.1, 0.15) is 23.1 Å². The number of amides is 1. The Morgan fingerprint density at radius 1 is 1.10 bits per heavy atom. The molecule has 2 aromatic carbocycles. The number of hydrogen-bond donors (Lipinski definition) is 1. The van der Waals surface area contributed by atoms with Crippen LogP contribution in [0, 0.1) is 0 Å². The summed E-state index contributed by atoms with van der Waals surface area (Å²) in [6, 6.07) is 11.2. The van der Waals surface area contributed by atoms with Crippen LogP contribution in [0.4, 0.5) is 5.69 Å². The Bertz CT molecular complexity index is 964. The molecule has 0 spiro atoms. The maximum absolute atomic E-state index is 12.0. The molecule has 2 aromatic rings. The van der Waals surface area contributed by atoms with Crippen molar-refractivity contribution in [2.45, 2.75) is 19.3 Å². The Kier molecular flexibility index (Phi) is 7.27. The number of anilines is 1. The van der Waals surface area contributed by atoms with E-state index in [2.05, 4.69) is 11.9 Å². The van der Waals surface area contributed by atoms with E-state index in [1.807, 2.05) is 18.2 Å². The van der Waals surface area contributed by atoms with Gasteiger partial charge in [-0.15, -0.1) is 0 Å². The first-order valence-corrected chi connectivity index (χ1v) is 9.77. The molecule has 1 N–H and O–H groups in total. The predicted octanol–water partition coefficient (Wildman–Crippen LogP) is 3.94. The molecule has 6 nitrogen and oxygen atoms in total. The second-order valence-electron chi connectivity index (χ2n) is 6.84. The van der Waals surface area contributed by atoms with Gasteiger partial charge >= 0.3 is 5.97 Å². The van der Waals surface area contributed by atoms with Crippen molar-refractivity contribution in [1.29, 1.82) is 0 Å². The van der Waals surface area contributed by atoms with Gasteiger partial charge in [-0.25, -0.2) is 4.79 Å². The highest BCUT2D eigenvalue weighted by atomic mass is 16.5. The third-order valence-corrected chi connectivity index (χ3v) is 4.68. The first-order valence-electron chi connectivity index (χ1n) is 9.77. The Morgan fingerprint density at radius 3 is 2.73 bits per heavy atom. The number of ether oxygens (including phenoxy) is 3. The zero-order valence-corrected chi connectivity index (χ0v) is 17.0. The zero-order chi connectivity index (χ0) is 21.3. The molecule has 0 radical (unpaired) electrons. The maximum Gasteiger partial charge on any atom is 0.331 e. The highest BCUT2D eigenvalue weighted by Crippen LogP contribution is 2.28. The lowest BCUT2D eigenvalue weighted by atomic mass is 10.1. The summed E-state index contributed by atoms with van der Waals surface area (Å²) in [6.45, 7) is 3.62. The number of fused-ring (bicyclic) bond motifs is 1. The van der Waals surface area contributed by atoms with Crippen LogP contribution in [0.2, 0.25) is 0 Å². The van der Waals surface area contributed by atoms with Gasteiger partial charge in [0.25, 0.3) is 5.91 Å². The number of carbonyl (C=O) groups is 2. The SMILES string of the molecule is C=CCOc1ccc(/C=C/C(=O)OCC(=O)Nc2ccc3c(c2)CCC3)cc1OC. The van der Waals surface area contributed by atoms with Gasteiger partial charge in [0.15, 0.2) is 18.1 Å². The second-order valence-corrected chi connectivity index (χ2v) is 6.84. The second kappa shape index (κ2) is 10.3. The highest BCUT2D eigenvalue weighted by molar-refractivity contribution is 5.94. The lowest BCUT2D eigenvalue weighted by Crippen LogP contribution is -2.20. The molecule has 0 fully saturated rings. The van der Waals surface area contributed by atoms with Gasteiger partial charge in [0.05, 0.1) is 7.11 Å². The van der Waals surface area contributed by atoms with E-state index in [9.17, 15) is 9.59 Å². The molecule has 3 rings (SSSR count). The number of carbonyl (C=O) groups excluding carboxylic acids is 2. The van der Waals surface area contributed by atoms with E-state index in [4.69, 9.17) is 14.2 Å². The fourth-order valence-electron chi connectivity index (χ4n) is 3.25. The number of aryl methyl sites for hydroxylation is 2. The zero-order valence-electron chi connectivity index (χ0n) is 17.0. The third kappa shape index (κ3) is 5.73. The number of methoxy groups -OCH3 is 1. The molecule has 0 unspecified atom stereocenters. The van der Waals surface area contributed by atoms with Gasteiger partial charge in [-0.2, -0.15) is 0 Å². The molecule has 30 heavy (non-hydrogen) atoms. The van der Waals surface area contributed by atoms with Gasteiger partial charge in [0.2, 0.25) is 0 Å². The quantitative estimate of drug-likeness (QED) is 0.387. The van der Waals surface area contributed by atoms with E-state index in [1.165, 1.54) is 24.3 Å². The van der Waals surface area contributed by atoms with E-state index in [1.54, 1.807) is 30.4 Å². The monoisotopic (exact) mass is 407 g/mol. The van der Waals surface area contributed by atoms with Crippen LogP contribution in [0.3, 0.4) is 0 Å². The normalized spacial score (nSPS) is 12.3. The average molecular weight is 407 g/mol. The minimum Gasteiger partial charge on any atom is -0.493 e. The van der Waals surface area contributed by atoms with Crippen LogP contribution >= 0.6 is 0 Å². The summed E-state index contributed by atoms with van der Waals surface area (Å²) in [6.07, 6.45) is 7.76. The molecular weight excluding hydrogens is 382 g/mol. The molecule has 0 bridgehead atoms. The van der Waals surface area contributed by atoms with Crippen molar-refractivity contribution < 1.29 is 23.8 Å². The highest BCUT2D eigenvalue weighted by Gasteiger charge is 2.12. The van der Waals surface area contributed by atoms with Gasteiger partial charge < -0.3 is 19.5 Å². The first-order chi connectivity index (χ1) is 14.6. The smallest absolute Gasteiger partial charge is 0.331 e. The van der Waals surface area contributed by atoms with Crippen molar-refractivity contribution in [2.24, 2.45) is 0 Å². The minimum absolute atomic E-state index is 0.349. The number of esters is 1. The van der Waals surface area contributed by atoms with E-state index in [0.717, 1.165) is 30.5 Å². The van der Waals surface area contributed by atoms with Crippen molar-refractivity contribution in [1.82, 2.24) is 0 Å². The molecule has 0 saturated heterocycles. The third-order valence-electron chi connectivity index (χ3n) is 4.68. The Labute approximate surface area is 176 Å². The summed E-state index contributed by atoms with van der Waals surface area (Å²) in [4.78, 5) is 24.0. The van der Waals surface area contributed by atoms with Gasteiger partial charge in [-0.1, -0.05) is 24.8 Å². The topological polar surface area (TPSA) is 73.9 Å². The lowest BCUT2D eigenvalue weighted by Gasteiger charge is -2.09. The van der Waals surface area contributed by atoms with E-state index < -0.39 is 5.97 Å². The van der Waals surface area contributed by atoms with Gasteiger partial charge in [-0.05, 0) is 66.3 Å². The van der Waals surface area contributed by atoms with Crippen molar-refractivity contribution in [3.63, 3.8) is 0 Å². The summed E-state index contributed by atoms with van der Waals surface area (Å²) in [5.74, 6) is 0.145. The Balaban J connectivity index is 1.49. The molecule has 0 aliphatic heterocycles. The summed E-state index contributed by atoms with van der Waals surface area (Å²) in [7, 11) is 1.54. The van der Waals surface area contributed by atoms with Gasteiger partial charge in [0.1, 0.15) is 6.61 Å². The molecule has 0 saturated carbocycles. The van der Waals surface area contributed by atoms with Crippen LogP contribution < -0.4 is 14.8 Å². The molecule has 1 aliphatic carbocycles. The van der Waals surface area contributed by atoms with Crippen molar-refractivity contribution in [2.75, 3.05) is 25.6 Å². The average Bonchev–Trinajstić information content (AvgIpc) is 3.23. The summed E-state index contributed by atoms with van der Waals surface area (Å²) >= 11 is 0. The van der Waals surface area contributed by atoms with Crippen LogP contribution in [0.5, 0.6) is 11.5 Å². The van der Waals surface area contributed by atoms with Crippen LogP contribution in [-0.2, 0) is 27.2 Å². The number of benzene rings is 2. The fourth-order valence-corrected chi connectivity index (χ4v) is 3.25. The summed E-state index contributed by atoms with van der Waals surface area (Å²) in [5, 5.41) is 2.76. The molecule has 6 heteroatoms. The molecule has 0 aromatic heterocycles. The predicted molar refractivity (Wildman–Crippen MR) is 116 cm³/mol. The van der Waals surface area contributed by atoms with Crippen molar-refractivity contribution in [3.8, 4) is 11.5 Å². The number of nitrogens with one attached hydrogen (secondary N) is 1. The van der Waals surface area contributed by atoms with Crippen LogP contribution in [-0.4, -0.2) is 32.2 Å². The van der Waals surface area contributed by atoms with E-state index >= 15 is 0 Å². The van der Waals surface area contributed by atoms with E-state index in [0.29, 0.717) is 18.1 Å². The summed E-state index contributed by atoms with van der Waals surface area (Å²) < 4.78 is 15.8. The summed E-state index contributed by atoms with van der Waals surface area (Å²) in [5.41, 5.74) is 4.06. The fraction of sp³-hybridized carbons (Fsp3) is 0.250. The molecule has 1 aliphatic rings. The van der Waals surface area contributed by atoms with Gasteiger partial charge in [0, 0.05) is 11.8 Å². The Hall–Kier alpha value is -3.54. The largest absolute Gasteiger partial charge is 0.493 e. The van der Waals surface area contributed by atoms with Crippen molar-refractivity contribution in [3.05, 3.63) is 71.8 Å². The molecule has 0 atom stereocenters. The molecule has 0 heterocycles. The molecule has 1 amide bonds. The minimum atomic E-state index is -0.606. The lowest BCUT2D eigenvalue weighted by molar-refractivity contribution is -0.142. The van der Waals surface area contributed by atoms with E-state index in [-0.39, 0.29) is 12.5 Å². The van der Waals surface area contributed by atoms with Crippen LogP contribution in [0.25, 0.3) is 6.08 Å². The van der Waals surface area contributed by atoms with Gasteiger partial charge in [-0.3, -0.25) is 4.79 Å². The standard InChI is InChI=1S/C24H25NO5/c1-3-13-29-21-11-7-17(14-22(21)28-2)8-12-24(27)30-16-23(26)25-20-10-9-18-5-4-6-19(18)15-20/h3,7-12,14-15H,1,4-6,13,16H2,2H3,(H,25,26)/b12-8+. The Morgan fingerprint density at radius 2 is 1.93 bits per heavy atom. The van der Waals surface area contributed by atoms with Crippen molar-refractivity contribution >= 4 is 23.6 Å². The molecular formula is C24H25NO5. The number of rotatable bonds is 9. The molecule has 156 valence electrons. The first kappa shape index (κ1) is 21.2. The maximum atomic E-state index is 12.0.